The summed E-state index contributed by atoms with van der Waals surface area (Å²) in [5.74, 6) is 0.227. The van der Waals surface area contributed by atoms with Crippen molar-refractivity contribution in [2.75, 3.05) is 19.5 Å². The Labute approximate surface area is 125 Å². The lowest BCUT2D eigenvalue weighted by Crippen LogP contribution is -1.96. The number of nitrogens with zero attached hydrogens (tertiary/aromatic N) is 4. The molecule has 116 valence electrons. The largest absolute Gasteiger partial charge is 0.490 e. The minimum atomic E-state index is -0.536. The molecule has 0 aromatic carbocycles. The zero-order chi connectivity index (χ0) is 16.5. The highest BCUT2D eigenvalue weighted by Gasteiger charge is 2.12. The number of hydrogen-bond donors (Lipinski definition) is 1. The Hall–Kier alpha value is -3.30. The molecule has 0 fully saturated rings. The Morgan fingerprint density at radius 2 is 1.59 bits per heavy atom. The zero-order valence-electron chi connectivity index (χ0n) is 11.8. The van der Waals surface area contributed by atoms with Crippen LogP contribution in [0.2, 0.25) is 0 Å². The highest BCUT2D eigenvalue weighted by molar-refractivity contribution is 5.58. The lowest BCUT2D eigenvalue weighted by molar-refractivity contribution is -0.386. The van der Waals surface area contributed by atoms with Gasteiger partial charge in [-0.2, -0.15) is 0 Å². The van der Waals surface area contributed by atoms with Gasteiger partial charge in [0.2, 0.25) is 0 Å². The van der Waals surface area contributed by atoms with Gasteiger partial charge in [-0.05, 0) is 6.07 Å². The average molecular weight is 307 g/mol. The summed E-state index contributed by atoms with van der Waals surface area (Å²) >= 11 is 0. The smallest absolute Gasteiger partial charge is 0.328 e. The van der Waals surface area contributed by atoms with Gasteiger partial charge in [-0.15, -0.1) is 0 Å². The topological polar surface area (TPSA) is 133 Å². The summed E-state index contributed by atoms with van der Waals surface area (Å²) in [6.45, 7) is 0. The van der Waals surface area contributed by atoms with Crippen molar-refractivity contribution in [2.45, 2.75) is 0 Å². The van der Waals surface area contributed by atoms with E-state index < -0.39 is 9.85 Å². The number of nitro groups is 2. The quantitative estimate of drug-likeness (QED) is 0.669. The maximum Gasteiger partial charge on any atom is 0.328 e. The van der Waals surface area contributed by atoms with Gasteiger partial charge >= 0.3 is 11.4 Å². The first-order chi connectivity index (χ1) is 10.5. The van der Waals surface area contributed by atoms with E-state index in [1.54, 1.807) is 13.1 Å². The summed E-state index contributed by atoms with van der Waals surface area (Å²) in [4.78, 5) is 26.8. The minimum Gasteiger partial charge on any atom is -0.490 e. The molecule has 0 aliphatic rings. The van der Waals surface area contributed by atoms with E-state index in [0.29, 0.717) is 5.69 Å². The molecule has 2 heterocycles. The molecule has 0 unspecified atom stereocenters. The molecule has 1 N–H and O–H groups in total. The molecular formula is C12H13N5O5. The first-order valence-electron chi connectivity index (χ1n) is 5.89. The van der Waals surface area contributed by atoms with E-state index in [0.717, 1.165) is 6.20 Å². The van der Waals surface area contributed by atoms with Crippen LogP contribution < -0.4 is 10.1 Å². The second-order valence-corrected chi connectivity index (χ2v) is 3.70. The molecule has 2 rings (SSSR count). The average Bonchev–Trinajstić information content (AvgIpc) is 2.55. The van der Waals surface area contributed by atoms with Crippen LogP contribution in [0.5, 0.6) is 5.75 Å². The summed E-state index contributed by atoms with van der Waals surface area (Å²) in [6.07, 6.45) is 5.30. The fraction of sp³-hybridized carbons (Fsp3) is 0.167. The molecule has 0 atom stereocenters. The molecule has 0 aliphatic heterocycles. The Morgan fingerprint density at radius 1 is 1.05 bits per heavy atom. The summed E-state index contributed by atoms with van der Waals surface area (Å²) in [6, 6.07) is 3.00. The van der Waals surface area contributed by atoms with Crippen molar-refractivity contribution in [3.05, 3.63) is 57.1 Å². The number of methoxy groups -OCH3 is 1. The van der Waals surface area contributed by atoms with Crippen LogP contribution in [0.25, 0.3) is 0 Å². The molecule has 2 aromatic rings. The molecular weight excluding hydrogens is 294 g/mol. The molecule has 0 saturated heterocycles. The molecule has 22 heavy (non-hydrogen) atoms. The second-order valence-electron chi connectivity index (χ2n) is 3.70. The van der Waals surface area contributed by atoms with Crippen molar-refractivity contribution in [2.24, 2.45) is 0 Å². The second kappa shape index (κ2) is 8.09. The number of anilines is 1. The normalized spacial score (nSPS) is 9.18. The number of hydrogen-bond acceptors (Lipinski definition) is 8. The fourth-order valence-corrected chi connectivity index (χ4v) is 1.43. The lowest BCUT2D eigenvalue weighted by atomic mass is 10.3. The predicted octanol–water partition coefficient (Wildman–Crippen LogP) is 2.03. The molecule has 10 heteroatoms. The third-order valence-electron chi connectivity index (χ3n) is 2.44. The van der Waals surface area contributed by atoms with E-state index in [4.69, 9.17) is 4.74 Å². The van der Waals surface area contributed by atoms with Gasteiger partial charge < -0.3 is 10.1 Å². The molecule has 0 spiro atoms. The van der Waals surface area contributed by atoms with Gasteiger partial charge in [0.05, 0.1) is 17.0 Å². The highest BCUT2D eigenvalue weighted by Crippen LogP contribution is 2.23. The van der Waals surface area contributed by atoms with Crippen LogP contribution in [0, 0.1) is 20.2 Å². The van der Waals surface area contributed by atoms with Crippen LogP contribution in [-0.4, -0.2) is 34.0 Å². The Kier molecular flexibility index (Phi) is 6.16. The third kappa shape index (κ3) is 4.37. The first kappa shape index (κ1) is 16.8. The van der Waals surface area contributed by atoms with E-state index in [9.17, 15) is 20.2 Å². The van der Waals surface area contributed by atoms with Crippen LogP contribution in [-0.2, 0) is 0 Å². The van der Waals surface area contributed by atoms with E-state index in [-0.39, 0.29) is 17.1 Å². The summed E-state index contributed by atoms with van der Waals surface area (Å²) < 4.78 is 4.72. The van der Waals surface area contributed by atoms with Crippen molar-refractivity contribution < 1.29 is 14.6 Å². The maximum atomic E-state index is 10.3. The van der Waals surface area contributed by atoms with Crippen LogP contribution in [0.15, 0.2) is 36.9 Å². The SMILES string of the molecule is CNc1ccncc1[N+](=O)[O-].COc1ccncc1[N+](=O)[O-]. The Bertz CT molecular complexity index is 606. The van der Waals surface area contributed by atoms with Crippen LogP contribution in [0.1, 0.15) is 0 Å². The van der Waals surface area contributed by atoms with Crippen molar-refractivity contribution in [1.29, 1.82) is 0 Å². The van der Waals surface area contributed by atoms with E-state index in [1.807, 2.05) is 0 Å². The van der Waals surface area contributed by atoms with Crippen LogP contribution in [0.3, 0.4) is 0 Å². The lowest BCUT2D eigenvalue weighted by Gasteiger charge is -1.98. The Balaban J connectivity index is 0.000000220. The summed E-state index contributed by atoms with van der Waals surface area (Å²) in [5.41, 5.74) is 0.356. The Morgan fingerprint density at radius 3 is 2.00 bits per heavy atom. The molecule has 0 radical (unpaired) electrons. The number of nitrogens with one attached hydrogen (secondary N) is 1. The number of pyridine rings is 2. The number of rotatable bonds is 4. The van der Waals surface area contributed by atoms with Crippen LogP contribution >= 0.6 is 0 Å². The zero-order valence-corrected chi connectivity index (χ0v) is 11.8. The monoisotopic (exact) mass is 307 g/mol. The van der Waals surface area contributed by atoms with Gasteiger partial charge in [0.15, 0.2) is 5.75 Å². The number of aromatic nitrogens is 2. The van der Waals surface area contributed by atoms with Gasteiger partial charge in [-0.3, -0.25) is 30.2 Å². The number of ether oxygens (including phenoxy) is 1. The predicted molar refractivity (Wildman–Crippen MR) is 77.9 cm³/mol. The highest BCUT2D eigenvalue weighted by atomic mass is 16.6. The molecule has 0 bridgehead atoms. The van der Waals surface area contributed by atoms with Gasteiger partial charge in [-0.1, -0.05) is 0 Å². The van der Waals surface area contributed by atoms with Gasteiger partial charge in [0, 0.05) is 25.5 Å². The van der Waals surface area contributed by atoms with Crippen LogP contribution in [0.4, 0.5) is 17.1 Å². The molecule has 0 saturated carbocycles. The summed E-state index contributed by atoms with van der Waals surface area (Å²) in [5, 5.41) is 23.3. The van der Waals surface area contributed by atoms with Gasteiger partial charge in [-0.25, -0.2) is 0 Å². The minimum absolute atomic E-state index is 0.00463. The van der Waals surface area contributed by atoms with Crippen molar-refractivity contribution >= 4 is 17.1 Å². The van der Waals surface area contributed by atoms with Gasteiger partial charge in [0.1, 0.15) is 18.1 Å². The van der Waals surface area contributed by atoms with E-state index >= 15 is 0 Å². The van der Waals surface area contributed by atoms with Crippen molar-refractivity contribution in [3.8, 4) is 5.75 Å². The van der Waals surface area contributed by atoms with Crippen molar-refractivity contribution in [3.63, 3.8) is 0 Å². The van der Waals surface area contributed by atoms with Gasteiger partial charge in [0.25, 0.3) is 0 Å². The van der Waals surface area contributed by atoms with E-state index in [1.165, 1.54) is 31.8 Å². The third-order valence-corrected chi connectivity index (χ3v) is 2.44. The molecule has 0 amide bonds. The fourth-order valence-electron chi connectivity index (χ4n) is 1.43. The van der Waals surface area contributed by atoms with E-state index in [2.05, 4.69) is 15.3 Å². The molecule has 2 aromatic heterocycles. The summed E-state index contributed by atoms with van der Waals surface area (Å²) in [7, 11) is 3.00. The molecule has 0 aliphatic carbocycles. The standard InChI is InChI=1S/C6H7N3O2.C6H6N2O3/c1-7-5-2-3-8-4-6(5)9(10)11;1-11-6-2-3-7-4-5(6)8(9)10/h2-4H,1H3,(H,7,8);2-4H,1H3. The van der Waals surface area contributed by atoms with Crippen molar-refractivity contribution in [1.82, 2.24) is 9.97 Å². The maximum absolute atomic E-state index is 10.3. The molecule has 10 nitrogen and oxygen atoms in total. The first-order valence-corrected chi connectivity index (χ1v) is 5.89.